The van der Waals surface area contributed by atoms with Crippen LogP contribution in [-0.2, 0) is 4.79 Å². The third kappa shape index (κ3) is 2.74. The molecular formula is C17H30N2O. The third-order valence-electron chi connectivity index (χ3n) is 6.07. The molecule has 4 aliphatic rings. The lowest BCUT2D eigenvalue weighted by atomic mass is 9.54. The van der Waals surface area contributed by atoms with E-state index in [0.717, 1.165) is 36.5 Å². The lowest BCUT2D eigenvalue weighted by molar-refractivity contribution is -0.141. The van der Waals surface area contributed by atoms with Crippen molar-refractivity contribution in [3.8, 4) is 0 Å². The smallest absolute Gasteiger partial charge is 0.222 e. The second-order valence-corrected chi connectivity index (χ2v) is 7.80. The monoisotopic (exact) mass is 278 g/mol. The summed E-state index contributed by atoms with van der Waals surface area (Å²) in [4.78, 5) is 14.6. The molecule has 4 bridgehead atoms. The number of carbonyl (C=O) groups excluding carboxylic acids is 1. The maximum atomic E-state index is 12.4. The van der Waals surface area contributed by atoms with Gasteiger partial charge in [-0.1, -0.05) is 0 Å². The van der Waals surface area contributed by atoms with E-state index in [1.807, 2.05) is 6.92 Å². The van der Waals surface area contributed by atoms with Crippen molar-refractivity contribution in [3.63, 3.8) is 0 Å². The van der Waals surface area contributed by atoms with Crippen molar-refractivity contribution in [2.24, 2.45) is 29.4 Å². The number of nitrogens with two attached hydrogens (primary N) is 1. The summed E-state index contributed by atoms with van der Waals surface area (Å²) < 4.78 is 0. The van der Waals surface area contributed by atoms with Crippen molar-refractivity contribution in [3.05, 3.63) is 0 Å². The van der Waals surface area contributed by atoms with Gasteiger partial charge in [-0.25, -0.2) is 0 Å². The zero-order chi connectivity index (χ0) is 14.3. The molecule has 20 heavy (non-hydrogen) atoms. The molecule has 0 aromatic carbocycles. The second kappa shape index (κ2) is 5.67. The maximum absolute atomic E-state index is 12.4. The molecule has 4 fully saturated rings. The van der Waals surface area contributed by atoms with Crippen LogP contribution in [0, 0.1) is 23.7 Å². The highest BCUT2D eigenvalue weighted by Crippen LogP contribution is 2.54. The molecule has 1 unspecified atom stereocenters. The van der Waals surface area contributed by atoms with E-state index in [4.69, 9.17) is 5.73 Å². The Labute approximate surface area is 123 Å². The minimum atomic E-state index is 0.217. The predicted molar refractivity (Wildman–Crippen MR) is 81.1 cm³/mol. The van der Waals surface area contributed by atoms with Gasteiger partial charge in [-0.3, -0.25) is 4.79 Å². The minimum absolute atomic E-state index is 0.217. The molecule has 0 aromatic heterocycles. The normalized spacial score (nSPS) is 39.9. The van der Waals surface area contributed by atoms with Crippen molar-refractivity contribution >= 4 is 5.91 Å². The average Bonchev–Trinajstić information content (AvgIpc) is 2.36. The van der Waals surface area contributed by atoms with Crippen LogP contribution in [0.3, 0.4) is 0 Å². The Morgan fingerprint density at radius 3 is 2.20 bits per heavy atom. The summed E-state index contributed by atoms with van der Waals surface area (Å²) in [5, 5.41) is 0. The highest BCUT2D eigenvalue weighted by Gasteiger charge is 2.50. The van der Waals surface area contributed by atoms with E-state index < -0.39 is 0 Å². The maximum Gasteiger partial charge on any atom is 0.222 e. The Hall–Kier alpha value is -0.570. The summed E-state index contributed by atoms with van der Waals surface area (Å²) >= 11 is 0. The quantitative estimate of drug-likeness (QED) is 0.840. The number of nitrogens with zero attached hydrogens (tertiary/aromatic N) is 1. The van der Waals surface area contributed by atoms with Gasteiger partial charge in [-0.15, -0.1) is 0 Å². The Balaban J connectivity index is 1.57. The van der Waals surface area contributed by atoms with E-state index in [1.165, 1.54) is 32.1 Å². The van der Waals surface area contributed by atoms with E-state index in [-0.39, 0.29) is 6.04 Å². The van der Waals surface area contributed by atoms with Crippen LogP contribution in [0.25, 0.3) is 0 Å². The number of amides is 1. The van der Waals surface area contributed by atoms with Gasteiger partial charge in [0, 0.05) is 25.6 Å². The van der Waals surface area contributed by atoms with Crippen LogP contribution >= 0.6 is 0 Å². The van der Waals surface area contributed by atoms with Crippen molar-refractivity contribution in [2.45, 2.75) is 70.4 Å². The molecule has 3 heteroatoms. The Morgan fingerprint density at radius 2 is 1.70 bits per heavy atom. The van der Waals surface area contributed by atoms with Gasteiger partial charge in [0.25, 0.3) is 0 Å². The molecule has 1 amide bonds. The van der Waals surface area contributed by atoms with Crippen LogP contribution in [0.1, 0.15) is 58.3 Å². The van der Waals surface area contributed by atoms with Crippen LogP contribution in [0.5, 0.6) is 0 Å². The first-order chi connectivity index (χ1) is 9.54. The van der Waals surface area contributed by atoms with Crippen LogP contribution in [0.4, 0.5) is 0 Å². The zero-order valence-corrected chi connectivity index (χ0v) is 13.1. The number of hydrogen-bond acceptors (Lipinski definition) is 2. The predicted octanol–water partition coefficient (Wildman–Crippen LogP) is 2.79. The summed E-state index contributed by atoms with van der Waals surface area (Å²) in [6.45, 7) is 2.02. The fourth-order valence-electron chi connectivity index (χ4n) is 5.45. The molecule has 4 saturated carbocycles. The molecule has 114 valence electrons. The van der Waals surface area contributed by atoms with E-state index in [0.29, 0.717) is 18.4 Å². The molecule has 0 spiro atoms. The Morgan fingerprint density at radius 1 is 1.15 bits per heavy atom. The van der Waals surface area contributed by atoms with Crippen LogP contribution in [-0.4, -0.2) is 29.9 Å². The lowest BCUT2D eigenvalue weighted by Crippen LogP contribution is -2.56. The summed E-state index contributed by atoms with van der Waals surface area (Å²) in [6, 6.07) is 0.764. The van der Waals surface area contributed by atoms with Gasteiger partial charge in [-0.05, 0) is 75.5 Å². The number of hydrogen-bond donors (Lipinski definition) is 1. The largest absolute Gasteiger partial charge is 0.342 e. The van der Waals surface area contributed by atoms with Crippen molar-refractivity contribution in [1.82, 2.24) is 4.90 Å². The van der Waals surface area contributed by atoms with Gasteiger partial charge in [0.1, 0.15) is 0 Å². The highest BCUT2D eigenvalue weighted by molar-refractivity contribution is 5.76. The van der Waals surface area contributed by atoms with Gasteiger partial charge >= 0.3 is 0 Å². The SMILES string of the molecule is CC(N)CCCC(=O)N(C)C1C2CC3CC(C2)CC1C3. The van der Waals surface area contributed by atoms with E-state index in [2.05, 4.69) is 11.9 Å². The number of rotatable bonds is 5. The Kier molecular flexibility index (Phi) is 4.07. The molecule has 0 saturated heterocycles. The Bertz CT molecular complexity index is 338. The lowest BCUT2D eigenvalue weighted by Gasteiger charge is -2.56. The van der Waals surface area contributed by atoms with Crippen LogP contribution in [0.2, 0.25) is 0 Å². The summed E-state index contributed by atoms with van der Waals surface area (Å²) in [7, 11) is 2.06. The minimum Gasteiger partial charge on any atom is -0.342 e. The van der Waals surface area contributed by atoms with Crippen molar-refractivity contribution in [1.29, 1.82) is 0 Å². The van der Waals surface area contributed by atoms with Gasteiger partial charge in [0.15, 0.2) is 0 Å². The molecule has 0 radical (unpaired) electrons. The second-order valence-electron chi connectivity index (χ2n) is 7.80. The first-order valence-corrected chi connectivity index (χ1v) is 8.55. The average molecular weight is 278 g/mol. The van der Waals surface area contributed by atoms with E-state index >= 15 is 0 Å². The molecule has 0 heterocycles. The first kappa shape index (κ1) is 14.4. The summed E-state index contributed by atoms with van der Waals surface area (Å²) in [6.07, 6.45) is 9.59. The van der Waals surface area contributed by atoms with Crippen LogP contribution in [0.15, 0.2) is 0 Å². The topological polar surface area (TPSA) is 46.3 Å². The molecule has 4 rings (SSSR count). The fraction of sp³-hybridized carbons (Fsp3) is 0.941. The molecule has 1 atom stereocenters. The zero-order valence-electron chi connectivity index (χ0n) is 13.1. The van der Waals surface area contributed by atoms with Gasteiger partial charge in [-0.2, -0.15) is 0 Å². The van der Waals surface area contributed by atoms with Gasteiger partial charge in [0.2, 0.25) is 5.91 Å². The molecule has 0 aliphatic heterocycles. The van der Waals surface area contributed by atoms with Gasteiger partial charge < -0.3 is 10.6 Å². The third-order valence-corrected chi connectivity index (χ3v) is 6.07. The fourth-order valence-corrected chi connectivity index (χ4v) is 5.45. The van der Waals surface area contributed by atoms with Crippen molar-refractivity contribution < 1.29 is 4.79 Å². The molecule has 0 aromatic rings. The molecular weight excluding hydrogens is 248 g/mol. The van der Waals surface area contributed by atoms with Gasteiger partial charge in [0.05, 0.1) is 0 Å². The summed E-state index contributed by atoms with van der Waals surface area (Å²) in [5.41, 5.74) is 5.77. The summed E-state index contributed by atoms with van der Waals surface area (Å²) in [5.74, 6) is 3.91. The van der Waals surface area contributed by atoms with E-state index in [1.54, 1.807) is 0 Å². The number of carbonyl (C=O) groups is 1. The first-order valence-electron chi connectivity index (χ1n) is 8.55. The van der Waals surface area contributed by atoms with Crippen molar-refractivity contribution in [2.75, 3.05) is 7.05 Å². The molecule has 4 aliphatic carbocycles. The highest BCUT2D eigenvalue weighted by atomic mass is 16.2. The molecule has 3 nitrogen and oxygen atoms in total. The van der Waals surface area contributed by atoms with Crippen LogP contribution < -0.4 is 5.73 Å². The standard InChI is InChI=1S/C17H30N2O/c1-11(18)4-3-5-16(20)19(2)17-14-7-12-6-13(9-14)10-15(17)8-12/h11-15,17H,3-10,18H2,1-2H3. The van der Waals surface area contributed by atoms with E-state index in [9.17, 15) is 4.79 Å². The molecule has 2 N–H and O–H groups in total.